The van der Waals surface area contributed by atoms with Crippen molar-refractivity contribution in [3.8, 4) is 5.75 Å². The molecule has 0 atom stereocenters. The topological polar surface area (TPSA) is 70.1 Å². The molecule has 0 unspecified atom stereocenters. The molecule has 1 aromatic carbocycles. The molecule has 0 bridgehead atoms. The average Bonchev–Trinajstić information content (AvgIpc) is 1.99. The summed E-state index contributed by atoms with van der Waals surface area (Å²) < 4.78 is 0. The van der Waals surface area contributed by atoms with Crippen LogP contribution < -0.4 is 5.73 Å². The zero-order valence-electron chi connectivity index (χ0n) is 7.18. The Morgan fingerprint density at radius 1 is 1.33 bits per heavy atom. The summed E-state index contributed by atoms with van der Waals surface area (Å²) in [4.78, 5) is 0. The van der Waals surface area contributed by atoms with Crippen LogP contribution in [0.5, 0.6) is 5.75 Å². The van der Waals surface area contributed by atoms with E-state index in [0.717, 1.165) is 11.1 Å². The van der Waals surface area contributed by atoms with E-state index in [2.05, 4.69) is 0 Å². The number of aromatic hydroxyl groups is 1. The van der Waals surface area contributed by atoms with Gasteiger partial charge in [-0.25, -0.2) is 0 Å². The second-order valence-corrected chi connectivity index (χ2v) is 2.87. The summed E-state index contributed by atoms with van der Waals surface area (Å²) in [5.74, 6) is 0.307. The highest BCUT2D eigenvalue weighted by atomic mass is 16.3. The van der Waals surface area contributed by atoms with E-state index in [0.29, 0.717) is 5.56 Å². The van der Waals surface area contributed by atoms with Gasteiger partial charge in [0.25, 0.3) is 0 Å². The Labute approximate surface area is 71.3 Å². The number of phenolic OH excluding ortho intramolecular Hbond substituents is 1. The molecule has 0 heterocycles. The van der Waals surface area contributed by atoms with Gasteiger partial charge < -0.3 is 10.8 Å². The summed E-state index contributed by atoms with van der Waals surface area (Å²) >= 11 is 0. The van der Waals surface area contributed by atoms with Crippen LogP contribution in [-0.4, -0.2) is 10.9 Å². The van der Waals surface area contributed by atoms with Gasteiger partial charge in [0.2, 0.25) is 0 Å². The van der Waals surface area contributed by atoms with Crippen LogP contribution in [0.3, 0.4) is 0 Å². The molecule has 0 fully saturated rings. The van der Waals surface area contributed by atoms with Crippen molar-refractivity contribution in [3.05, 3.63) is 28.8 Å². The first-order chi connectivity index (χ1) is 5.52. The van der Waals surface area contributed by atoms with E-state index in [4.69, 9.17) is 11.1 Å². The standard InChI is InChI=1S/C9H12N2O/c1-5-3-7(9(10)11)4-6(2)8(5)12/h3-4,12H,1-2H3,(H3,10,11). The van der Waals surface area contributed by atoms with Crippen LogP contribution in [0, 0.1) is 19.3 Å². The average molecular weight is 164 g/mol. The van der Waals surface area contributed by atoms with Crippen LogP contribution in [0.25, 0.3) is 0 Å². The van der Waals surface area contributed by atoms with E-state index >= 15 is 0 Å². The minimum Gasteiger partial charge on any atom is -0.507 e. The third-order valence-electron chi connectivity index (χ3n) is 1.80. The molecule has 1 rings (SSSR count). The van der Waals surface area contributed by atoms with Crippen LogP contribution >= 0.6 is 0 Å². The number of nitrogens with two attached hydrogens (primary N) is 1. The monoisotopic (exact) mass is 164 g/mol. The molecule has 0 radical (unpaired) electrons. The molecule has 1 aromatic rings. The summed E-state index contributed by atoms with van der Waals surface area (Å²) in [7, 11) is 0. The van der Waals surface area contributed by atoms with Crippen LogP contribution in [-0.2, 0) is 0 Å². The number of amidine groups is 1. The molecule has 0 saturated heterocycles. The second-order valence-electron chi connectivity index (χ2n) is 2.87. The van der Waals surface area contributed by atoms with Gasteiger partial charge in [-0.2, -0.15) is 0 Å². The van der Waals surface area contributed by atoms with Gasteiger partial charge in [-0.15, -0.1) is 0 Å². The number of phenols is 1. The van der Waals surface area contributed by atoms with Crippen LogP contribution in [0.4, 0.5) is 0 Å². The van der Waals surface area contributed by atoms with Crippen molar-refractivity contribution < 1.29 is 5.11 Å². The molecule has 3 nitrogen and oxygen atoms in total. The molecule has 64 valence electrons. The molecule has 4 N–H and O–H groups in total. The van der Waals surface area contributed by atoms with E-state index in [1.807, 2.05) is 0 Å². The Kier molecular flexibility index (Phi) is 2.04. The third-order valence-corrected chi connectivity index (χ3v) is 1.80. The first-order valence-electron chi connectivity index (χ1n) is 3.67. The van der Waals surface area contributed by atoms with Gasteiger partial charge in [0.15, 0.2) is 0 Å². The minimum atomic E-state index is 0.0289. The van der Waals surface area contributed by atoms with Gasteiger partial charge in [-0.3, -0.25) is 5.41 Å². The lowest BCUT2D eigenvalue weighted by Gasteiger charge is -2.05. The van der Waals surface area contributed by atoms with Crippen molar-refractivity contribution in [3.63, 3.8) is 0 Å². The van der Waals surface area contributed by atoms with Gasteiger partial charge in [0.05, 0.1) is 0 Å². The Morgan fingerprint density at radius 2 is 1.75 bits per heavy atom. The smallest absolute Gasteiger partial charge is 0.122 e. The van der Waals surface area contributed by atoms with E-state index in [9.17, 15) is 5.11 Å². The van der Waals surface area contributed by atoms with E-state index in [1.165, 1.54) is 0 Å². The van der Waals surface area contributed by atoms with Gasteiger partial charge in [-0.05, 0) is 37.1 Å². The SMILES string of the molecule is Cc1cc(C(=N)N)cc(C)c1O. The molecule has 0 aliphatic rings. The molecule has 0 aliphatic carbocycles. The first kappa shape index (κ1) is 8.59. The lowest BCUT2D eigenvalue weighted by atomic mass is 10.1. The summed E-state index contributed by atoms with van der Waals surface area (Å²) in [5, 5.41) is 16.6. The van der Waals surface area contributed by atoms with Gasteiger partial charge in [-0.1, -0.05) is 0 Å². The lowest BCUT2D eigenvalue weighted by molar-refractivity contribution is 0.467. The molecule has 0 saturated carbocycles. The maximum Gasteiger partial charge on any atom is 0.122 e. The van der Waals surface area contributed by atoms with E-state index in [1.54, 1.807) is 26.0 Å². The number of nitrogen functional groups attached to an aromatic ring is 1. The Bertz CT molecular complexity index is 308. The molecule has 12 heavy (non-hydrogen) atoms. The molecule has 0 aromatic heterocycles. The summed E-state index contributed by atoms with van der Waals surface area (Å²) in [6, 6.07) is 3.40. The molecule has 0 aliphatic heterocycles. The van der Waals surface area contributed by atoms with Crippen molar-refractivity contribution in [2.45, 2.75) is 13.8 Å². The number of benzene rings is 1. The number of nitrogens with one attached hydrogen (secondary N) is 1. The fourth-order valence-electron chi connectivity index (χ4n) is 1.11. The Hall–Kier alpha value is -1.51. The fraction of sp³-hybridized carbons (Fsp3) is 0.222. The van der Waals surface area contributed by atoms with Crippen LogP contribution in [0.2, 0.25) is 0 Å². The predicted molar refractivity (Wildman–Crippen MR) is 48.6 cm³/mol. The number of hydrogen-bond acceptors (Lipinski definition) is 2. The fourth-order valence-corrected chi connectivity index (χ4v) is 1.11. The highest BCUT2D eigenvalue weighted by molar-refractivity contribution is 5.95. The van der Waals surface area contributed by atoms with E-state index in [-0.39, 0.29) is 11.6 Å². The normalized spacial score (nSPS) is 9.83. The largest absolute Gasteiger partial charge is 0.507 e. The zero-order valence-corrected chi connectivity index (χ0v) is 7.18. The van der Waals surface area contributed by atoms with Gasteiger partial charge in [0.1, 0.15) is 11.6 Å². The number of rotatable bonds is 1. The molecule has 3 heteroatoms. The number of hydrogen-bond donors (Lipinski definition) is 3. The van der Waals surface area contributed by atoms with Gasteiger partial charge >= 0.3 is 0 Å². The highest BCUT2D eigenvalue weighted by Crippen LogP contribution is 2.22. The molecule has 0 spiro atoms. The molecular formula is C9H12N2O. The van der Waals surface area contributed by atoms with Crippen molar-refractivity contribution >= 4 is 5.84 Å². The summed E-state index contributed by atoms with van der Waals surface area (Å²) in [6.45, 7) is 3.57. The first-order valence-corrected chi connectivity index (χ1v) is 3.67. The molecular weight excluding hydrogens is 152 g/mol. The maximum atomic E-state index is 9.40. The Morgan fingerprint density at radius 3 is 2.08 bits per heavy atom. The third kappa shape index (κ3) is 1.39. The lowest BCUT2D eigenvalue weighted by Crippen LogP contribution is -2.11. The van der Waals surface area contributed by atoms with Crippen molar-refractivity contribution in [2.24, 2.45) is 5.73 Å². The van der Waals surface area contributed by atoms with Crippen molar-refractivity contribution in [1.82, 2.24) is 0 Å². The summed E-state index contributed by atoms with van der Waals surface area (Å²) in [5.41, 5.74) is 7.46. The Balaban J connectivity index is 3.31. The summed E-state index contributed by atoms with van der Waals surface area (Å²) in [6.07, 6.45) is 0. The highest BCUT2D eigenvalue weighted by Gasteiger charge is 2.04. The predicted octanol–water partition coefficient (Wildman–Crippen LogP) is 1.29. The quantitative estimate of drug-likeness (QED) is 0.432. The van der Waals surface area contributed by atoms with E-state index < -0.39 is 0 Å². The van der Waals surface area contributed by atoms with Crippen LogP contribution in [0.15, 0.2) is 12.1 Å². The van der Waals surface area contributed by atoms with Crippen LogP contribution in [0.1, 0.15) is 16.7 Å². The second kappa shape index (κ2) is 2.85. The van der Waals surface area contributed by atoms with Crippen molar-refractivity contribution in [2.75, 3.05) is 0 Å². The van der Waals surface area contributed by atoms with Crippen molar-refractivity contribution in [1.29, 1.82) is 5.41 Å². The molecule has 0 amide bonds. The minimum absolute atomic E-state index is 0.0289. The number of aryl methyl sites for hydroxylation is 2. The maximum absolute atomic E-state index is 9.40. The van der Waals surface area contributed by atoms with Gasteiger partial charge in [0, 0.05) is 5.56 Å². The zero-order chi connectivity index (χ0) is 9.30.